The van der Waals surface area contributed by atoms with Gasteiger partial charge < -0.3 is 10.6 Å². The number of rotatable bonds is 3. The molecular weight excluding hydrogens is 338 g/mol. The van der Waals surface area contributed by atoms with Crippen LogP contribution in [0, 0.1) is 5.92 Å². The number of aryl methyl sites for hydroxylation is 1. The summed E-state index contributed by atoms with van der Waals surface area (Å²) < 4.78 is 25.3. The van der Waals surface area contributed by atoms with E-state index in [1.54, 1.807) is 12.1 Å². The number of hydrogen-bond donors (Lipinski definition) is 1. The van der Waals surface area contributed by atoms with Gasteiger partial charge in [0.05, 0.1) is 11.9 Å². The first-order chi connectivity index (χ1) is 11.8. The standard InChI is InChI=1S/C18H27N3O3S/c1-13(19)16-6-3-9-20(12-16)18(22)15-7-8-17-14(11-15)5-4-10-21(17)25(2,23)24/h7-8,11,13,16H,3-6,9-10,12,19H2,1-2H3/t13-,16-/m0/s1. The largest absolute Gasteiger partial charge is 0.338 e. The van der Waals surface area contributed by atoms with E-state index in [2.05, 4.69) is 0 Å². The second kappa shape index (κ2) is 6.96. The molecule has 0 radical (unpaired) electrons. The molecule has 0 saturated carbocycles. The smallest absolute Gasteiger partial charge is 0.253 e. The highest BCUT2D eigenvalue weighted by molar-refractivity contribution is 7.92. The molecule has 0 bridgehead atoms. The number of carbonyl (C=O) groups is 1. The summed E-state index contributed by atoms with van der Waals surface area (Å²) in [4.78, 5) is 14.8. The molecule has 2 heterocycles. The number of hydrogen-bond acceptors (Lipinski definition) is 4. The molecule has 2 aliphatic rings. The Morgan fingerprint density at radius 3 is 2.72 bits per heavy atom. The summed E-state index contributed by atoms with van der Waals surface area (Å²) in [6.07, 6.45) is 4.84. The molecule has 2 atom stereocenters. The van der Waals surface area contributed by atoms with Gasteiger partial charge in [0.25, 0.3) is 5.91 Å². The van der Waals surface area contributed by atoms with E-state index in [4.69, 9.17) is 5.73 Å². The van der Waals surface area contributed by atoms with Crippen LogP contribution in [0.5, 0.6) is 0 Å². The van der Waals surface area contributed by atoms with Crippen LogP contribution in [0.4, 0.5) is 5.69 Å². The fraction of sp³-hybridized carbons (Fsp3) is 0.611. The maximum absolute atomic E-state index is 12.9. The maximum atomic E-state index is 12.9. The van der Waals surface area contributed by atoms with Crippen molar-refractivity contribution >= 4 is 21.6 Å². The highest BCUT2D eigenvalue weighted by Gasteiger charge is 2.28. The summed E-state index contributed by atoms with van der Waals surface area (Å²) in [5.74, 6) is 0.362. The summed E-state index contributed by atoms with van der Waals surface area (Å²) in [5.41, 5.74) is 8.29. The van der Waals surface area contributed by atoms with Gasteiger partial charge in [0.2, 0.25) is 10.0 Å². The second-order valence-electron chi connectivity index (χ2n) is 7.29. The van der Waals surface area contributed by atoms with Crippen LogP contribution in [0.25, 0.3) is 0 Å². The Balaban J connectivity index is 1.83. The zero-order valence-electron chi connectivity index (χ0n) is 14.9. The first-order valence-electron chi connectivity index (χ1n) is 8.93. The minimum absolute atomic E-state index is 0.0182. The molecule has 1 fully saturated rings. The molecule has 2 aliphatic heterocycles. The fourth-order valence-electron chi connectivity index (χ4n) is 3.85. The van der Waals surface area contributed by atoms with E-state index in [0.29, 0.717) is 30.3 Å². The number of carbonyl (C=O) groups excluding carboxylic acids is 1. The Bertz CT molecular complexity index is 761. The van der Waals surface area contributed by atoms with Crippen LogP contribution in [0.2, 0.25) is 0 Å². The number of nitrogens with zero attached hydrogens (tertiary/aromatic N) is 2. The zero-order chi connectivity index (χ0) is 18.2. The predicted molar refractivity (Wildman–Crippen MR) is 99.2 cm³/mol. The number of anilines is 1. The number of piperidine rings is 1. The van der Waals surface area contributed by atoms with Crippen molar-refractivity contribution in [3.8, 4) is 0 Å². The van der Waals surface area contributed by atoms with E-state index in [9.17, 15) is 13.2 Å². The lowest BCUT2D eigenvalue weighted by atomic mass is 9.91. The first kappa shape index (κ1) is 18.2. The van der Waals surface area contributed by atoms with Crippen molar-refractivity contribution < 1.29 is 13.2 Å². The highest BCUT2D eigenvalue weighted by Crippen LogP contribution is 2.30. The summed E-state index contributed by atoms with van der Waals surface area (Å²) in [6, 6.07) is 5.47. The molecule has 25 heavy (non-hydrogen) atoms. The van der Waals surface area contributed by atoms with Crippen LogP contribution >= 0.6 is 0 Å². The lowest BCUT2D eigenvalue weighted by Crippen LogP contribution is -2.45. The van der Waals surface area contributed by atoms with Crippen LogP contribution in [0.1, 0.15) is 42.1 Å². The van der Waals surface area contributed by atoms with Crippen molar-refractivity contribution in [3.63, 3.8) is 0 Å². The van der Waals surface area contributed by atoms with Gasteiger partial charge >= 0.3 is 0 Å². The third-order valence-corrected chi connectivity index (χ3v) is 6.47. The van der Waals surface area contributed by atoms with Gasteiger partial charge in [-0.1, -0.05) is 0 Å². The van der Waals surface area contributed by atoms with Gasteiger partial charge in [0, 0.05) is 31.2 Å². The van der Waals surface area contributed by atoms with E-state index in [1.165, 1.54) is 10.6 Å². The van der Waals surface area contributed by atoms with Gasteiger partial charge in [-0.3, -0.25) is 9.10 Å². The van der Waals surface area contributed by atoms with E-state index in [1.807, 2.05) is 17.9 Å². The van der Waals surface area contributed by atoms with E-state index in [-0.39, 0.29) is 11.9 Å². The van der Waals surface area contributed by atoms with E-state index in [0.717, 1.165) is 37.8 Å². The number of benzene rings is 1. The second-order valence-corrected chi connectivity index (χ2v) is 9.20. The quantitative estimate of drug-likeness (QED) is 0.882. The Morgan fingerprint density at radius 1 is 1.28 bits per heavy atom. The lowest BCUT2D eigenvalue weighted by molar-refractivity contribution is 0.0661. The molecule has 6 nitrogen and oxygen atoms in total. The minimum Gasteiger partial charge on any atom is -0.338 e. The van der Waals surface area contributed by atoms with Gasteiger partial charge in [-0.2, -0.15) is 0 Å². The number of nitrogens with two attached hydrogens (primary N) is 1. The molecule has 0 unspecified atom stereocenters. The van der Waals surface area contributed by atoms with Crippen molar-refractivity contribution in [3.05, 3.63) is 29.3 Å². The minimum atomic E-state index is -3.29. The Labute approximate surface area is 150 Å². The Morgan fingerprint density at radius 2 is 2.04 bits per heavy atom. The number of sulfonamides is 1. The summed E-state index contributed by atoms with van der Waals surface area (Å²) >= 11 is 0. The lowest BCUT2D eigenvalue weighted by Gasteiger charge is -2.35. The first-order valence-corrected chi connectivity index (χ1v) is 10.8. The molecule has 1 aromatic carbocycles. The molecule has 3 rings (SSSR count). The van der Waals surface area contributed by atoms with Crippen molar-refractivity contribution in [1.29, 1.82) is 0 Å². The van der Waals surface area contributed by atoms with Crippen molar-refractivity contribution in [2.75, 3.05) is 30.2 Å². The highest BCUT2D eigenvalue weighted by atomic mass is 32.2. The predicted octanol–water partition coefficient (Wildman–Crippen LogP) is 1.60. The molecule has 0 aliphatic carbocycles. The molecule has 1 saturated heterocycles. The Kier molecular flexibility index (Phi) is 5.06. The third-order valence-electron chi connectivity index (χ3n) is 5.29. The summed E-state index contributed by atoms with van der Waals surface area (Å²) in [6.45, 7) is 3.95. The molecule has 2 N–H and O–H groups in total. The average molecular weight is 365 g/mol. The fourth-order valence-corrected chi connectivity index (χ4v) is 4.84. The van der Waals surface area contributed by atoms with Crippen molar-refractivity contribution in [1.82, 2.24) is 4.90 Å². The van der Waals surface area contributed by atoms with Crippen LogP contribution in [0.3, 0.4) is 0 Å². The van der Waals surface area contributed by atoms with Crippen LogP contribution < -0.4 is 10.0 Å². The zero-order valence-corrected chi connectivity index (χ0v) is 15.8. The molecule has 138 valence electrons. The topological polar surface area (TPSA) is 83.7 Å². The number of fused-ring (bicyclic) bond motifs is 1. The molecular formula is C18H27N3O3S. The average Bonchev–Trinajstić information content (AvgIpc) is 2.59. The van der Waals surface area contributed by atoms with Gasteiger partial charge in [0.15, 0.2) is 0 Å². The van der Waals surface area contributed by atoms with Crippen molar-refractivity contribution in [2.24, 2.45) is 11.7 Å². The molecule has 7 heteroatoms. The van der Waals surface area contributed by atoms with E-state index < -0.39 is 10.0 Å². The molecule has 1 aromatic rings. The monoisotopic (exact) mass is 365 g/mol. The van der Waals surface area contributed by atoms with E-state index >= 15 is 0 Å². The summed E-state index contributed by atoms with van der Waals surface area (Å²) in [7, 11) is -3.29. The maximum Gasteiger partial charge on any atom is 0.253 e. The molecule has 0 spiro atoms. The third kappa shape index (κ3) is 3.82. The number of amides is 1. The van der Waals surface area contributed by atoms with Gasteiger partial charge in [0.1, 0.15) is 0 Å². The SMILES string of the molecule is C[C@H](N)[C@H]1CCCN(C(=O)c2ccc3c(c2)CCCN3S(C)(=O)=O)C1. The van der Waals surface area contributed by atoms with Crippen molar-refractivity contribution in [2.45, 2.75) is 38.6 Å². The number of likely N-dealkylation sites (tertiary alicyclic amines) is 1. The molecule has 1 amide bonds. The molecule has 0 aromatic heterocycles. The summed E-state index contributed by atoms with van der Waals surface area (Å²) in [5, 5.41) is 0. The van der Waals surface area contributed by atoms with Gasteiger partial charge in [-0.25, -0.2) is 8.42 Å². The van der Waals surface area contributed by atoms with Gasteiger partial charge in [-0.15, -0.1) is 0 Å². The normalized spacial score (nSPS) is 22.4. The Hall–Kier alpha value is -1.60. The van der Waals surface area contributed by atoms with Crippen LogP contribution in [-0.2, 0) is 16.4 Å². The van der Waals surface area contributed by atoms with Gasteiger partial charge in [-0.05, 0) is 62.3 Å². The van der Waals surface area contributed by atoms with Crippen LogP contribution in [-0.4, -0.2) is 51.2 Å². The van der Waals surface area contributed by atoms with Crippen LogP contribution in [0.15, 0.2) is 18.2 Å².